The summed E-state index contributed by atoms with van der Waals surface area (Å²) in [6.07, 6.45) is 2.41. The van der Waals surface area contributed by atoms with Crippen molar-refractivity contribution in [1.29, 1.82) is 0 Å². The molecular weight excluding hydrogens is 281 g/mol. The van der Waals surface area contributed by atoms with Crippen LogP contribution in [0.3, 0.4) is 0 Å². The van der Waals surface area contributed by atoms with Gasteiger partial charge < -0.3 is 10.3 Å². The summed E-state index contributed by atoms with van der Waals surface area (Å²) in [5, 5.41) is 4.66. The Balaban J connectivity index is 2.05. The van der Waals surface area contributed by atoms with Gasteiger partial charge in [-0.2, -0.15) is 0 Å². The normalized spacial score (nSPS) is 22.8. The van der Waals surface area contributed by atoms with Crippen LogP contribution in [0, 0.1) is 5.41 Å². The van der Waals surface area contributed by atoms with Crippen molar-refractivity contribution < 1.29 is 0 Å². The fourth-order valence-corrected chi connectivity index (χ4v) is 3.16. The zero-order valence-corrected chi connectivity index (χ0v) is 12.6. The molecule has 1 aromatic heterocycles. The van der Waals surface area contributed by atoms with E-state index in [1.807, 2.05) is 12.1 Å². The Morgan fingerprint density at radius 2 is 2.00 bits per heavy atom. The number of benzene rings is 1. The number of halogens is 2. The summed E-state index contributed by atoms with van der Waals surface area (Å²) in [5.41, 5.74) is 2.00. The van der Waals surface area contributed by atoms with Crippen LogP contribution in [-0.4, -0.2) is 16.5 Å². The van der Waals surface area contributed by atoms with Gasteiger partial charge in [0.2, 0.25) is 0 Å². The van der Waals surface area contributed by atoms with Crippen LogP contribution in [0.25, 0.3) is 11.0 Å². The highest BCUT2D eigenvalue weighted by Crippen LogP contribution is 2.39. The Labute approximate surface area is 122 Å². The molecule has 0 spiro atoms. The molecule has 2 N–H and O–H groups in total. The fraction of sp³-hybridized carbons (Fsp3) is 0.500. The van der Waals surface area contributed by atoms with Crippen LogP contribution in [0.1, 0.15) is 38.6 Å². The van der Waals surface area contributed by atoms with E-state index in [-0.39, 0.29) is 11.5 Å². The average Bonchev–Trinajstić information content (AvgIpc) is 2.71. The highest BCUT2D eigenvalue weighted by atomic mass is 35.5. The smallest absolute Gasteiger partial charge is 0.125 e. The molecule has 1 fully saturated rings. The number of fused-ring (bicyclic) bond motifs is 1. The first-order valence-electron chi connectivity index (χ1n) is 6.55. The Hall–Kier alpha value is -0.770. The van der Waals surface area contributed by atoms with Crippen LogP contribution in [0.15, 0.2) is 12.1 Å². The Morgan fingerprint density at radius 1 is 1.26 bits per heavy atom. The lowest BCUT2D eigenvalue weighted by atomic mass is 9.77. The molecule has 0 aliphatic carbocycles. The molecule has 19 heavy (non-hydrogen) atoms. The Morgan fingerprint density at radius 3 is 2.74 bits per heavy atom. The molecule has 1 atom stereocenters. The number of nitrogens with one attached hydrogen (secondary N) is 2. The number of rotatable bonds is 1. The van der Waals surface area contributed by atoms with Crippen molar-refractivity contribution in [2.45, 2.75) is 32.7 Å². The lowest BCUT2D eigenvalue weighted by Gasteiger charge is -2.38. The van der Waals surface area contributed by atoms with Gasteiger partial charge in [0, 0.05) is 0 Å². The second kappa shape index (κ2) is 4.65. The molecule has 2 aromatic rings. The number of aromatic nitrogens is 2. The first-order chi connectivity index (χ1) is 8.97. The molecule has 102 valence electrons. The van der Waals surface area contributed by atoms with E-state index in [0.29, 0.717) is 10.0 Å². The maximum Gasteiger partial charge on any atom is 0.125 e. The molecule has 0 saturated carbocycles. The van der Waals surface area contributed by atoms with Gasteiger partial charge in [-0.15, -0.1) is 0 Å². The van der Waals surface area contributed by atoms with E-state index in [4.69, 9.17) is 23.2 Å². The van der Waals surface area contributed by atoms with Crippen LogP contribution >= 0.6 is 23.2 Å². The minimum absolute atomic E-state index is 0.194. The molecule has 5 heteroatoms. The third-order valence-electron chi connectivity index (χ3n) is 3.94. The van der Waals surface area contributed by atoms with Gasteiger partial charge in [0.15, 0.2) is 0 Å². The number of H-pyrrole nitrogens is 1. The molecule has 1 unspecified atom stereocenters. The number of hydrogen-bond donors (Lipinski definition) is 2. The Kier molecular flexibility index (Phi) is 3.24. The predicted molar refractivity (Wildman–Crippen MR) is 79.9 cm³/mol. The van der Waals surface area contributed by atoms with Gasteiger partial charge in [0.1, 0.15) is 5.82 Å². The third-order valence-corrected chi connectivity index (χ3v) is 4.67. The second-order valence-electron chi connectivity index (χ2n) is 5.88. The SMILES string of the molecule is CC1(C)CCCNC1c1nc2cc(Cl)c(Cl)cc2[nH]1. The van der Waals surface area contributed by atoms with Crippen LogP contribution in [0.4, 0.5) is 0 Å². The largest absolute Gasteiger partial charge is 0.341 e. The number of aromatic amines is 1. The van der Waals surface area contributed by atoms with Crippen LogP contribution in [0.2, 0.25) is 10.0 Å². The number of piperidine rings is 1. The van der Waals surface area contributed by atoms with Crippen LogP contribution < -0.4 is 5.32 Å². The molecule has 1 aliphatic rings. The number of imidazole rings is 1. The average molecular weight is 298 g/mol. The van der Waals surface area contributed by atoms with Gasteiger partial charge in [-0.3, -0.25) is 0 Å². The van der Waals surface area contributed by atoms with Crippen LogP contribution in [0.5, 0.6) is 0 Å². The molecule has 3 nitrogen and oxygen atoms in total. The van der Waals surface area contributed by atoms with E-state index < -0.39 is 0 Å². The van der Waals surface area contributed by atoms with Gasteiger partial charge >= 0.3 is 0 Å². The van der Waals surface area contributed by atoms with E-state index in [9.17, 15) is 0 Å². The van der Waals surface area contributed by atoms with Gasteiger partial charge in [-0.1, -0.05) is 37.0 Å². The molecule has 1 aromatic carbocycles. The van der Waals surface area contributed by atoms with Crippen molar-refractivity contribution in [3.05, 3.63) is 28.0 Å². The standard InChI is InChI=1S/C14H17Cl2N3/c1-14(2)4-3-5-17-12(14)13-18-10-6-8(15)9(16)7-11(10)19-13/h6-7,12,17H,3-5H2,1-2H3,(H,18,19). The van der Waals surface area contributed by atoms with E-state index in [0.717, 1.165) is 23.4 Å². The molecule has 1 saturated heterocycles. The summed E-state index contributed by atoms with van der Waals surface area (Å²) < 4.78 is 0. The van der Waals surface area contributed by atoms with Crippen molar-refractivity contribution in [2.24, 2.45) is 5.41 Å². The molecule has 2 heterocycles. The van der Waals surface area contributed by atoms with Gasteiger partial charge in [-0.25, -0.2) is 4.98 Å². The fourth-order valence-electron chi connectivity index (χ4n) is 2.84. The zero-order valence-electron chi connectivity index (χ0n) is 11.1. The minimum Gasteiger partial charge on any atom is -0.341 e. The maximum atomic E-state index is 6.04. The van der Waals surface area contributed by atoms with Gasteiger partial charge in [0.25, 0.3) is 0 Å². The summed E-state index contributed by atoms with van der Waals surface area (Å²) in [4.78, 5) is 8.05. The van der Waals surface area contributed by atoms with Crippen molar-refractivity contribution in [1.82, 2.24) is 15.3 Å². The Bertz CT molecular complexity index is 579. The van der Waals surface area contributed by atoms with E-state index in [2.05, 4.69) is 29.1 Å². The zero-order chi connectivity index (χ0) is 13.6. The quantitative estimate of drug-likeness (QED) is 0.823. The molecule has 0 bridgehead atoms. The van der Waals surface area contributed by atoms with Crippen molar-refractivity contribution >= 4 is 34.2 Å². The van der Waals surface area contributed by atoms with Gasteiger partial charge in [-0.05, 0) is 36.9 Å². The summed E-state index contributed by atoms with van der Waals surface area (Å²) in [6, 6.07) is 3.90. The summed E-state index contributed by atoms with van der Waals surface area (Å²) in [5.74, 6) is 0.970. The summed E-state index contributed by atoms with van der Waals surface area (Å²) in [7, 11) is 0. The minimum atomic E-state index is 0.194. The number of hydrogen-bond acceptors (Lipinski definition) is 2. The summed E-state index contributed by atoms with van der Waals surface area (Å²) >= 11 is 12.1. The van der Waals surface area contributed by atoms with E-state index >= 15 is 0 Å². The molecule has 1 aliphatic heterocycles. The topological polar surface area (TPSA) is 40.7 Å². The predicted octanol–water partition coefficient (Wildman–Crippen LogP) is 4.32. The second-order valence-corrected chi connectivity index (χ2v) is 6.70. The van der Waals surface area contributed by atoms with E-state index in [1.165, 1.54) is 12.8 Å². The molecular formula is C14H17Cl2N3. The van der Waals surface area contributed by atoms with Gasteiger partial charge in [0.05, 0.1) is 27.1 Å². The van der Waals surface area contributed by atoms with Crippen molar-refractivity contribution in [3.63, 3.8) is 0 Å². The summed E-state index contributed by atoms with van der Waals surface area (Å²) in [6.45, 7) is 5.58. The lowest BCUT2D eigenvalue weighted by molar-refractivity contribution is 0.175. The van der Waals surface area contributed by atoms with Crippen molar-refractivity contribution in [3.8, 4) is 0 Å². The third kappa shape index (κ3) is 2.35. The monoisotopic (exact) mass is 297 g/mol. The maximum absolute atomic E-state index is 6.04. The molecule has 0 radical (unpaired) electrons. The highest BCUT2D eigenvalue weighted by Gasteiger charge is 2.35. The highest BCUT2D eigenvalue weighted by molar-refractivity contribution is 6.42. The number of nitrogens with zero attached hydrogens (tertiary/aromatic N) is 1. The van der Waals surface area contributed by atoms with E-state index in [1.54, 1.807) is 0 Å². The first-order valence-corrected chi connectivity index (χ1v) is 7.31. The van der Waals surface area contributed by atoms with Crippen LogP contribution in [-0.2, 0) is 0 Å². The van der Waals surface area contributed by atoms with Crippen molar-refractivity contribution in [2.75, 3.05) is 6.54 Å². The lowest BCUT2D eigenvalue weighted by Crippen LogP contribution is -2.40. The molecule has 3 rings (SSSR count). The first kappa shape index (κ1) is 13.2. The molecule has 0 amide bonds.